The highest BCUT2D eigenvalue weighted by Gasteiger charge is 2.28. The molecule has 8 nitrogen and oxygen atoms in total. The van der Waals surface area contributed by atoms with Crippen molar-refractivity contribution in [2.24, 2.45) is 0 Å². The topological polar surface area (TPSA) is 96.0 Å². The van der Waals surface area contributed by atoms with Gasteiger partial charge in [-0.15, -0.1) is 0 Å². The Kier molecular flexibility index (Phi) is 10.5. The fraction of sp³-hybridized carbons (Fsp3) is 0.440. The third-order valence-corrected chi connectivity index (χ3v) is 6.68. The maximum atomic E-state index is 13.3. The van der Waals surface area contributed by atoms with Crippen molar-refractivity contribution in [3.63, 3.8) is 0 Å². The van der Waals surface area contributed by atoms with Crippen LogP contribution in [0.25, 0.3) is 0 Å². The van der Waals surface area contributed by atoms with Crippen LogP contribution >= 0.6 is 0 Å². The Balaban J connectivity index is 2.21. The van der Waals surface area contributed by atoms with E-state index in [4.69, 9.17) is 4.74 Å². The van der Waals surface area contributed by atoms with Gasteiger partial charge in [0.2, 0.25) is 21.8 Å². The van der Waals surface area contributed by atoms with Crippen LogP contribution in [0.2, 0.25) is 0 Å². The highest BCUT2D eigenvalue weighted by molar-refractivity contribution is 7.92. The molecule has 2 aromatic carbocycles. The monoisotopic (exact) mass is 507 g/mol. The molecule has 0 aromatic heterocycles. The lowest BCUT2D eigenvalue weighted by molar-refractivity contribution is -0.141. The summed E-state index contributed by atoms with van der Waals surface area (Å²) in [6.07, 6.45) is 1.75. The third kappa shape index (κ3) is 8.24. The van der Waals surface area contributed by atoms with E-state index >= 15 is 0 Å². The van der Waals surface area contributed by atoms with Crippen molar-refractivity contribution in [2.75, 3.05) is 30.8 Å². The summed E-state index contributed by atoms with van der Waals surface area (Å²) in [5, 5.41) is 2.78. The summed E-state index contributed by atoms with van der Waals surface area (Å²) in [7, 11) is -2.08. The number of rotatable bonds is 13. The number of carbonyl (C=O) groups is 2. The third-order valence-electron chi connectivity index (χ3n) is 5.49. The Labute approximate surface area is 207 Å². The first kappa shape index (κ1) is 28.1. The van der Waals surface area contributed by atoms with Crippen LogP contribution in [0.4, 0.5) is 10.1 Å². The smallest absolute Gasteiger partial charge is 0.242 e. The van der Waals surface area contributed by atoms with E-state index in [1.165, 1.54) is 29.2 Å². The molecule has 2 amide bonds. The largest absolute Gasteiger partial charge is 0.497 e. The normalized spacial score (nSPS) is 12.0. The molecule has 35 heavy (non-hydrogen) atoms. The zero-order chi connectivity index (χ0) is 26.0. The first-order valence-electron chi connectivity index (χ1n) is 11.5. The highest BCUT2D eigenvalue weighted by Crippen LogP contribution is 2.21. The van der Waals surface area contributed by atoms with E-state index in [9.17, 15) is 22.4 Å². The number of hydrogen-bond donors (Lipinski definition) is 1. The second-order valence-electron chi connectivity index (χ2n) is 8.11. The van der Waals surface area contributed by atoms with E-state index in [2.05, 4.69) is 5.32 Å². The molecule has 192 valence electrons. The second-order valence-corrected chi connectivity index (χ2v) is 10.0. The van der Waals surface area contributed by atoms with E-state index in [0.29, 0.717) is 24.4 Å². The molecule has 0 saturated carbocycles. The lowest BCUT2D eigenvalue weighted by Gasteiger charge is -2.31. The fourth-order valence-corrected chi connectivity index (χ4v) is 4.76. The molecule has 0 radical (unpaired) electrons. The quantitative estimate of drug-likeness (QED) is 0.449. The summed E-state index contributed by atoms with van der Waals surface area (Å²) >= 11 is 0. The standard InChI is InChI=1S/C25H34FN3O5S/c1-5-23(25(31)27-6-2)28(18-19-9-7-10-22(17-19)34-3)24(30)11-8-16-29(35(4,32)33)21-14-12-20(26)13-15-21/h7,9-10,12-15,17,23H,5-6,8,11,16,18H2,1-4H3,(H,27,31). The van der Waals surface area contributed by atoms with Gasteiger partial charge >= 0.3 is 0 Å². The molecule has 0 aliphatic rings. The zero-order valence-electron chi connectivity index (χ0n) is 20.7. The Bertz CT molecular complexity index is 1090. The van der Waals surface area contributed by atoms with Gasteiger partial charge in [0, 0.05) is 26.1 Å². The number of methoxy groups -OCH3 is 1. The van der Waals surface area contributed by atoms with Crippen LogP contribution in [0.1, 0.15) is 38.7 Å². The Morgan fingerprint density at radius 2 is 1.80 bits per heavy atom. The number of halogens is 1. The molecule has 1 N–H and O–H groups in total. The van der Waals surface area contributed by atoms with Crippen molar-refractivity contribution in [2.45, 2.75) is 45.7 Å². The minimum absolute atomic E-state index is 0.0348. The number of hydrogen-bond acceptors (Lipinski definition) is 5. The van der Waals surface area contributed by atoms with E-state index < -0.39 is 21.9 Å². The van der Waals surface area contributed by atoms with Crippen LogP contribution in [-0.4, -0.2) is 57.6 Å². The molecule has 0 aliphatic heterocycles. The van der Waals surface area contributed by atoms with Crippen molar-refractivity contribution in [1.29, 1.82) is 0 Å². The van der Waals surface area contributed by atoms with Crippen LogP contribution < -0.4 is 14.4 Å². The predicted octanol–water partition coefficient (Wildman–Crippen LogP) is 3.32. The highest BCUT2D eigenvalue weighted by atomic mass is 32.2. The molecular formula is C25H34FN3O5S. The molecule has 2 aromatic rings. The number of nitrogens with one attached hydrogen (secondary N) is 1. The molecule has 1 atom stereocenters. The molecule has 2 rings (SSSR count). The van der Waals surface area contributed by atoms with E-state index in [1.807, 2.05) is 32.0 Å². The zero-order valence-corrected chi connectivity index (χ0v) is 21.5. The van der Waals surface area contributed by atoms with Crippen molar-refractivity contribution < 1.29 is 27.1 Å². The van der Waals surface area contributed by atoms with Gasteiger partial charge in [0.15, 0.2) is 0 Å². The van der Waals surface area contributed by atoms with Gasteiger partial charge in [-0.2, -0.15) is 0 Å². The van der Waals surface area contributed by atoms with E-state index in [-0.39, 0.29) is 37.7 Å². The van der Waals surface area contributed by atoms with Crippen LogP contribution in [0.3, 0.4) is 0 Å². The Morgan fingerprint density at radius 1 is 1.11 bits per heavy atom. The summed E-state index contributed by atoms with van der Waals surface area (Å²) in [6.45, 7) is 4.35. The molecule has 0 fully saturated rings. The van der Waals surface area contributed by atoms with Gasteiger partial charge in [-0.1, -0.05) is 19.1 Å². The van der Waals surface area contributed by atoms with Crippen LogP contribution in [0.5, 0.6) is 5.75 Å². The number of likely N-dealkylation sites (N-methyl/N-ethyl adjacent to an activating group) is 1. The van der Waals surface area contributed by atoms with Gasteiger partial charge in [0.25, 0.3) is 0 Å². The fourth-order valence-electron chi connectivity index (χ4n) is 3.79. The number of sulfonamides is 1. The van der Waals surface area contributed by atoms with Crippen molar-refractivity contribution in [1.82, 2.24) is 10.2 Å². The van der Waals surface area contributed by atoms with E-state index in [0.717, 1.165) is 16.1 Å². The Morgan fingerprint density at radius 3 is 2.37 bits per heavy atom. The number of carbonyl (C=O) groups excluding carboxylic acids is 2. The molecule has 1 unspecified atom stereocenters. The second kappa shape index (κ2) is 13.1. The van der Waals surface area contributed by atoms with Gasteiger partial charge in [-0.3, -0.25) is 13.9 Å². The molecule has 10 heteroatoms. The summed E-state index contributed by atoms with van der Waals surface area (Å²) in [4.78, 5) is 27.6. The average molecular weight is 508 g/mol. The SMILES string of the molecule is CCNC(=O)C(CC)N(Cc1cccc(OC)c1)C(=O)CCCN(c1ccc(F)cc1)S(C)(=O)=O. The summed E-state index contributed by atoms with van der Waals surface area (Å²) in [5.74, 6) is -0.334. The minimum Gasteiger partial charge on any atom is -0.497 e. The number of anilines is 1. The number of amides is 2. The molecule has 0 heterocycles. The van der Waals surface area contributed by atoms with Crippen molar-refractivity contribution in [3.05, 3.63) is 59.9 Å². The van der Waals surface area contributed by atoms with Crippen molar-refractivity contribution >= 4 is 27.5 Å². The number of nitrogens with zero attached hydrogens (tertiary/aromatic N) is 2. The number of benzene rings is 2. The first-order chi connectivity index (χ1) is 16.6. The maximum Gasteiger partial charge on any atom is 0.242 e. The molecule has 0 bridgehead atoms. The van der Waals surface area contributed by atoms with Crippen molar-refractivity contribution in [3.8, 4) is 5.75 Å². The molecule has 0 aliphatic carbocycles. The van der Waals surface area contributed by atoms with Gasteiger partial charge < -0.3 is 15.0 Å². The molecule has 0 spiro atoms. The number of ether oxygens (including phenoxy) is 1. The van der Waals surface area contributed by atoms with Gasteiger partial charge in [0.05, 0.1) is 19.1 Å². The Hall–Kier alpha value is -3.14. The first-order valence-corrected chi connectivity index (χ1v) is 13.4. The minimum atomic E-state index is -3.64. The summed E-state index contributed by atoms with van der Waals surface area (Å²) in [5.41, 5.74) is 1.13. The molecular weight excluding hydrogens is 473 g/mol. The van der Waals surface area contributed by atoms with Gasteiger partial charge in [-0.05, 0) is 61.7 Å². The van der Waals surface area contributed by atoms with Gasteiger partial charge in [-0.25, -0.2) is 12.8 Å². The average Bonchev–Trinajstić information content (AvgIpc) is 2.82. The lowest BCUT2D eigenvalue weighted by Crippen LogP contribution is -2.49. The summed E-state index contributed by atoms with van der Waals surface area (Å²) in [6, 6.07) is 11.8. The van der Waals surface area contributed by atoms with Crippen LogP contribution in [-0.2, 0) is 26.2 Å². The van der Waals surface area contributed by atoms with E-state index in [1.54, 1.807) is 13.2 Å². The van der Waals surface area contributed by atoms with Gasteiger partial charge in [0.1, 0.15) is 17.6 Å². The molecule has 0 saturated heterocycles. The lowest BCUT2D eigenvalue weighted by atomic mass is 10.1. The maximum absolute atomic E-state index is 13.3. The van der Waals surface area contributed by atoms with Crippen LogP contribution in [0, 0.1) is 5.82 Å². The predicted molar refractivity (Wildman–Crippen MR) is 134 cm³/mol. The van der Waals surface area contributed by atoms with Crippen LogP contribution in [0.15, 0.2) is 48.5 Å². The summed E-state index contributed by atoms with van der Waals surface area (Å²) < 4.78 is 44.3.